The number of rotatable bonds is 3. The third kappa shape index (κ3) is 2.56. The molecule has 0 unspecified atom stereocenters. The van der Waals surface area contributed by atoms with Crippen LogP contribution in [0.3, 0.4) is 0 Å². The number of carbonyl (C=O) groups is 1. The van der Waals surface area contributed by atoms with Gasteiger partial charge in [0.1, 0.15) is 5.75 Å². The van der Waals surface area contributed by atoms with E-state index >= 15 is 0 Å². The van der Waals surface area contributed by atoms with Crippen molar-refractivity contribution < 1.29 is 9.53 Å². The van der Waals surface area contributed by atoms with E-state index in [1.807, 2.05) is 13.8 Å². The van der Waals surface area contributed by atoms with Gasteiger partial charge in [-0.15, -0.1) is 0 Å². The molecule has 18 heavy (non-hydrogen) atoms. The maximum atomic E-state index is 12.3. The van der Waals surface area contributed by atoms with E-state index in [1.54, 1.807) is 43.5 Å². The normalized spacial score (nSPS) is 10.2. The number of benzene rings is 1. The van der Waals surface area contributed by atoms with Gasteiger partial charge in [-0.05, 0) is 50.2 Å². The van der Waals surface area contributed by atoms with Crippen molar-refractivity contribution in [3.63, 3.8) is 0 Å². The lowest BCUT2D eigenvalue weighted by molar-refractivity contribution is 0.103. The summed E-state index contributed by atoms with van der Waals surface area (Å²) in [6.45, 7) is 3.77. The van der Waals surface area contributed by atoms with Gasteiger partial charge in [0.2, 0.25) is 0 Å². The van der Waals surface area contributed by atoms with Crippen LogP contribution in [0.5, 0.6) is 5.75 Å². The second-order valence-corrected chi connectivity index (χ2v) is 4.20. The summed E-state index contributed by atoms with van der Waals surface area (Å²) in [7, 11) is 1.60. The molecule has 1 aromatic heterocycles. The van der Waals surface area contributed by atoms with Gasteiger partial charge in [0, 0.05) is 22.5 Å². The molecule has 0 saturated carbocycles. The summed E-state index contributed by atoms with van der Waals surface area (Å²) < 4.78 is 5.07. The van der Waals surface area contributed by atoms with Gasteiger partial charge in [0.15, 0.2) is 5.78 Å². The Morgan fingerprint density at radius 1 is 1.00 bits per heavy atom. The van der Waals surface area contributed by atoms with Crippen molar-refractivity contribution in [2.75, 3.05) is 7.11 Å². The molecule has 0 aliphatic rings. The summed E-state index contributed by atoms with van der Waals surface area (Å²) in [4.78, 5) is 16.5. The molecule has 2 rings (SSSR count). The Balaban J connectivity index is 2.34. The van der Waals surface area contributed by atoms with Crippen LogP contribution in [0.15, 0.2) is 36.4 Å². The van der Waals surface area contributed by atoms with Gasteiger partial charge in [0.25, 0.3) is 0 Å². The molecule has 0 amide bonds. The van der Waals surface area contributed by atoms with Crippen LogP contribution in [0.1, 0.15) is 27.3 Å². The minimum Gasteiger partial charge on any atom is -0.497 e. The molecular formula is C15H15NO2. The molecule has 1 aromatic carbocycles. The van der Waals surface area contributed by atoms with Crippen molar-refractivity contribution >= 4 is 5.78 Å². The average molecular weight is 241 g/mol. The number of aryl methyl sites for hydroxylation is 2. The summed E-state index contributed by atoms with van der Waals surface area (Å²) in [5, 5.41) is 0. The fourth-order valence-corrected chi connectivity index (χ4v) is 1.87. The SMILES string of the molecule is COc1ccc(C(=O)c2cc(C)nc(C)c2)cc1. The monoisotopic (exact) mass is 241 g/mol. The van der Waals surface area contributed by atoms with Gasteiger partial charge < -0.3 is 4.74 Å². The molecule has 3 heteroatoms. The van der Waals surface area contributed by atoms with Crippen molar-refractivity contribution in [3.05, 3.63) is 58.9 Å². The number of hydrogen-bond acceptors (Lipinski definition) is 3. The van der Waals surface area contributed by atoms with Gasteiger partial charge >= 0.3 is 0 Å². The van der Waals surface area contributed by atoms with E-state index in [4.69, 9.17) is 4.74 Å². The highest BCUT2D eigenvalue weighted by Gasteiger charge is 2.10. The van der Waals surface area contributed by atoms with Crippen LogP contribution >= 0.6 is 0 Å². The second kappa shape index (κ2) is 5.00. The molecule has 1 heterocycles. The predicted molar refractivity (Wildman–Crippen MR) is 70.1 cm³/mol. The third-order valence-electron chi connectivity index (χ3n) is 2.70. The number of ether oxygens (including phenoxy) is 1. The topological polar surface area (TPSA) is 39.2 Å². The molecule has 0 aliphatic carbocycles. The third-order valence-corrected chi connectivity index (χ3v) is 2.70. The molecule has 0 fully saturated rings. The Bertz CT molecular complexity index is 553. The molecule has 0 radical (unpaired) electrons. The zero-order chi connectivity index (χ0) is 13.1. The number of nitrogens with zero attached hydrogens (tertiary/aromatic N) is 1. The zero-order valence-corrected chi connectivity index (χ0v) is 10.7. The van der Waals surface area contributed by atoms with E-state index in [9.17, 15) is 4.79 Å². The maximum absolute atomic E-state index is 12.3. The van der Waals surface area contributed by atoms with Crippen molar-refractivity contribution in [3.8, 4) is 5.75 Å². The zero-order valence-electron chi connectivity index (χ0n) is 10.7. The van der Waals surface area contributed by atoms with E-state index < -0.39 is 0 Å². The summed E-state index contributed by atoms with van der Waals surface area (Å²) in [6, 6.07) is 10.7. The Labute approximate surface area is 106 Å². The lowest BCUT2D eigenvalue weighted by atomic mass is 10.0. The van der Waals surface area contributed by atoms with Crippen molar-refractivity contribution in [1.82, 2.24) is 4.98 Å². The summed E-state index contributed by atoms with van der Waals surface area (Å²) in [5.41, 5.74) is 3.03. The number of carbonyl (C=O) groups excluding carboxylic acids is 1. The van der Waals surface area contributed by atoms with Crippen LogP contribution in [-0.2, 0) is 0 Å². The predicted octanol–water partition coefficient (Wildman–Crippen LogP) is 2.94. The fourth-order valence-electron chi connectivity index (χ4n) is 1.87. The highest BCUT2D eigenvalue weighted by Crippen LogP contribution is 2.16. The van der Waals surface area contributed by atoms with E-state index in [1.165, 1.54) is 0 Å². The van der Waals surface area contributed by atoms with Crippen molar-refractivity contribution in [2.24, 2.45) is 0 Å². The maximum Gasteiger partial charge on any atom is 0.193 e. The first-order valence-corrected chi connectivity index (χ1v) is 5.74. The summed E-state index contributed by atoms with van der Waals surface area (Å²) in [6.07, 6.45) is 0. The highest BCUT2D eigenvalue weighted by atomic mass is 16.5. The first-order chi connectivity index (χ1) is 8.60. The first-order valence-electron chi connectivity index (χ1n) is 5.74. The van der Waals surface area contributed by atoms with Crippen LogP contribution in [0.2, 0.25) is 0 Å². The largest absolute Gasteiger partial charge is 0.497 e. The lowest BCUT2D eigenvalue weighted by Crippen LogP contribution is -2.03. The number of aromatic nitrogens is 1. The molecule has 0 N–H and O–H groups in total. The number of hydrogen-bond donors (Lipinski definition) is 0. The standard InChI is InChI=1S/C15H15NO2/c1-10-8-13(9-11(2)16-10)15(17)12-4-6-14(18-3)7-5-12/h4-9H,1-3H3. The smallest absolute Gasteiger partial charge is 0.193 e. The molecule has 3 nitrogen and oxygen atoms in total. The molecule has 0 aliphatic heterocycles. The second-order valence-electron chi connectivity index (χ2n) is 4.20. The van der Waals surface area contributed by atoms with E-state index in [2.05, 4.69) is 4.98 Å². The van der Waals surface area contributed by atoms with Gasteiger partial charge in [-0.2, -0.15) is 0 Å². The molecule has 0 spiro atoms. The van der Waals surface area contributed by atoms with Gasteiger partial charge in [0.05, 0.1) is 7.11 Å². The summed E-state index contributed by atoms with van der Waals surface area (Å²) in [5.74, 6) is 0.750. The molecule has 0 atom stereocenters. The van der Waals surface area contributed by atoms with Crippen molar-refractivity contribution in [2.45, 2.75) is 13.8 Å². The van der Waals surface area contributed by atoms with Crippen LogP contribution in [0.25, 0.3) is 0 Å². The minimum atomic E-state index is 0.00579. The van der Waals surface area contributed by atoms with Crippen LogP contribution in [0.4, 0.5) is 0 Å². The minimum absolute atomic E-state index is 0.00579. The van der Waals surface area contributed by atoms with E-state index in [-0.39, 0.29) is 5.78 Å². The Hall–Kier alpha value is -2.16. The van der Waals surface area contributed by atoms with Gasteiger partial charge in [-0.25, -0.2) is 0 Å². The van der Waals surface area contributed by atoms with E-state index in [0.29, 0.717) is 11.1 Å². The Morgan fingerprint density at radius 3 is 2.06 bits per heavy atom. The van der Waals surface area contributed by atoms with Crippen LogP contribution in [-0.4, -0.2) is 17.9 Å². The molecular weight excluding hydrogens is 226 g/mol. The molecule has 92 valence electrons. The molecule has 0 saturated heterocycles. The van der Waals surface area contributed by atoms with Crippen LogP contribution < -0.4 is 4.74 Å². The average Bonchev–Trinajstić information content (AvgIpc) is 2.37. The highest BCUT2D eigenvalue weighted by molar-refractivity contribution is 6.09. The first kappa shape index (κ1) is 12.3. The molecule has 0 bridgehead atoms. The Kier molecular flexibility index (Phi) is 3.42. The number of pyridine rings is 1. The molecule has 2 aromatic rings. The quantitative estimate of drug-likeness (QED) is 0.775. The Morgan fingerprint density at radius 2 is 1.56 bits per heavy atom. The number of methoxy groups -OCH3 is 1. The van der Waals surface area contributed by atoms with Gasteiger partial charge in [-0.3, -0.25) is 9.78 Å². The van der Waals surface area contributed by atoms with E-state index in [0.717, 1.165) is 17.1 Å². The van der Waals surface area contributed by atoms with Gasteiger partial charge in [-0.1, -0.05) is 0 Å². The fraction of sp³-hybridized carbons (Fsp3) is 0.200. The van der Waals surface area contributed by atoms with Crippen LogP contribution in [0, 0.1) is 13.8 Å². The lowest BCUT2D eigenvalue weighted by Gasteiger charge is -2.05. The summed E-state index contributed by atoms with van der Waals surface area (Å²) >= 11 is 0. The number of ketones is 1. The van der Waals surface area contributed by atoms with Crippen molar-refractivity contribution in [1.29, 1.82) is 0 Å².